The van der Waals surface area contributed by atoms with Crippen LogP contribution in [-0.2, 0) is 22.6 Å². The molecule has 8 heteroatoms. The molecule has 0 aliphatic rings. The minimum Gasteiger partial charge on any atom is -0.493 e. The normalized spacial score (nSPS) is 10.4. The number of hydrogen-bond acceptors (Lipinski definition) is 8. The quantitative estimate of drug-likeness (QED) is 0.506. The summed E-state index contributed by atoms with van der Waals surface area (Å²) >= 11 is 0. The number of esters is 1. The first-order valence-electron chi connectivity index (χ1n) is 9.06. The standard InChI is InChI=1S/C21H22N2O6/c1-4-27-16-8-6-5-7-15(16)21-22-19(29-23-21)13-28-20(24)12-14-9-10-17(25-2)18(11-14)26-3/h5-11H,4,12-13H2,1-3H3. The maximum absolute atomic E-state index is 12.2. The first-order chi connectivity index (χ1) is 14.1. The molecule has 0 aliphatic heterocycles. The van der Waals surface area contributed by atoms with E-state index in [-0.39, 0.29) is 18.9 Å². The number of methoxy groups -OCH3 is 2. The van der Waals surface area contributed by atoms with Crippen molar-refractivity contribution in [3.8, 4) is 28.6 Å². The number of aromatic nitrogens is 2. The van der Waals surface area contributed by atoms with E-state index in [2.05, 4.69) is 10.1 Å². The third-order valence-electron chi connectivity index (χ3n) is 4.05. The van der Waals surface area contributed by atoms with E-state index in [0.717, 1.165) is 5.56 Å². The zero-order chi connectivity index (χ0) is 20.6. The fraction of sp³-hybridized carbons (Fsp3) is 0.286. The Morgan fingerprint density at radius 2 is 1.83 bits per heavy atom. The molecule has 0 amide bonds. The molecule has 29 heavy (non-hydrogen) atoms. The van der Waals surface area contributed by atoms with Gasteiger partial charge in [0.25, 0.3) is 5.89 Å². The van der Waals surface area contributed by atoms with E-state index in [1.54, 1.807) is 25.3 Å². The Morgan fingerprint density at radius 3 is 2.59 bits per heavy atom. The summed E-state index contributed by atoms with van der Waals surface area (Å²) in [5.74, 6) is 1.95. The molecular formula is C21H22N2O6. The molecule has 0 saturated carbocycles. The molecule has 0 aliphatic carbocycles. The predicted molar refractivity (Wildman–Crippen MR) is 104 cm³/mol. The first-order valence-corrected chi connectivity index (χ1v) is 9.06. The van der Waals surface area contributed by atoms with Gasteiger partial charge in [-0.05, 0) is 36.8 Å². The van der Waals surface area contributed by atoms with Crippen molar-refractivity contribution in [1.29, 1.82) is 0 Å². The Hall–Kier alpha value is -3.55. The topological polar surface area (TPSA) is 92.9 Å². The van der Waals surface area contributed by atoms with Gasteiger partial charge in [0.15, 0.2) is 18.1 Å². The van der Waals surface area contributed by atoms with Crippen molar-refractivity contribution >= 4 is 5.97 Å². The third kappa shape index (κ3) is 5.04. The number of para-hydroxylation sites is 1. The summed E-state index contributed by atoms with van der Waals surface area (Å²) in [5.41, 5.74) is 1.45. The Labute approximate surface area is 168 Å². The molecular weight excluding hydrogens is 376 g/mol. The molecule has 3 aromatic rings. The van der Waals surface area contributed by atoms with Crippen molar-refractivity contribution in [1.82, 2.24) is 10.1 Å². The van der Waals surface area contributed by atoms with Gasteiger partial charge in [-0.3, -0.25) is 4.79 Å². The Kier molecular flexibility index (Phi) is 6.67. The second-order valence-electron chi connectivity index (χ2n) is 5.97. The molecule has 0 radical (unpaired) electrons. The van der Waals surface area contributed by atoms with Crippen LogP contribution in [0.1, 0.15) is 18.4 Å². The number of nitrogens with zero attached hydrogens (tertiary/aromatic N) is 2. The largest absolute Gasteiger partial charge is 0.493 e. The van der Waals surface area contributed by atoms with Crippen molar-refractivity contribution in [2.24, 2.45) is 0 Å². The lowest BCUT2D eigenvalue weighted by atomic mass is 10.1. The van der Waals surface area contributed by atoms with Crippen molar-refractivity contribution in [2.45, 2.75) is 20.0 Å². The summed E-state index contributed by atoms with van der Waals surface area (Å²) in [6.07, 6.45) is 0.0779. The van der Waals surface area contributed by atoms with Crippen LogP contribution in [0.4, 0.5) is 0 Å². The zero-order valence-electron chi connectivity index (χ0n) is 16.5. The van der Waals surface area contributed by atoms with E-state index in [0.29, 0.717) is 35.2 Å². The van der Waals surface area contributed by atoms with E-state index in [4.69, 9.17) is 23.5 Å². The van der Waals surface area contributed by atoms with Crippen LogP contribution < -0.4 is 14.2 Å². The summed E-state index contributed by atoms with van der Waals surface area (Å²) < 4.78 is 26.4. The van der Waals surface area contributed by atoms with E-state index in [1.807, 2.05) is 31.2 Å². The van der Waals surface area contributed by atoms with Gasteiger partial charge in [0, 0.05) is 0 Å². The molecule has 1 heterocycles. The molecule has 2 aromatic carbocycles. The molecule has 0 unspecified atom stereocenters. The Morgan fingerprint density at radius 1 is 1.03 bits per heavy atom. The monoisotopic (exact) mass is 398 g/mol. The third-order valence-corrected chi connectivity index (χ3v) is 4.05. The van der Waals surface area contributed by atoms with Gasteiger partial charge in [-0.2, -0.15) is 4.98 Å². The Balaban J connectivity index is 1.61. The number of benzene rings is 2. The molecule has 0 saturated heterocycles. The fourth-order valence-electron chi connectivity index (χ4n) is 2.71. The van der Waals surface area contributed by atoms with Gasteiger partial charge in [-0.1, -0.05) is 23.4 Å². The second-order valence-corrected chi connectivity index (χ2v) is 5.97. The SMILES string of the molecule is CCOc1ccccc1-c1noc(COC(=O)Cc2ccc(OC)c(OC)c2)n1. The first kappa shape index (κ1) is 20.2. The van der Waals surface area contributed by atoms with Crippen LogP contribution in [0.2, 0.25) is 0 Å². The molecule has 1 aromatic heterocycles. The summed E-state index contributed by atoms with van der Waals surface area (Å²) in [5, 5.41) is 3.95. The van der Waals surface area contributed by atoms with Gasteiger partial charge in [-0.15, -0.1) is 0 Å². The number of hydrogen-bond donors (Lipinski definition) is 0. The molecule has 0 spiro atoms. The minimum atomic E-state index is -0.424. The van der Waals surface area contributed by atoms with Crippen LogP contribution >= 0.6 is 0 Å². The summed E-state index contributed by atoms with van der Waals surface area (Å²) in [6, 6.07) is 12.6. The maximum atomic E-state index is 12.2. The van der Waals surface area contributed by atoms with Crippen molar-refractivity contribution in [3.05, 3.63) is 53.9 Å². The van der Waals surface area contributed by atoms with Crippen LogP contribution in [-0.4, -0.2) is 36.9 Å². The van der Waals surface area contributed by atoms with Crippen molar-refractivity contribution in [2.75, 3.05) is 20.8 Å². The van der Waals surface area contributed by atoms with E-state index >= 15 is 0 Å². The average Bonchev–Trinajstić information content (AvgIpc) is 3.21. The second kappa shape index (κ2) is 9.59. The molecule has 0 atom stereocenters. The maximum Gasteiger partial charge on any atom is 0.310 e. The number of carbonyl (C=O) groups excluding carboxylic acids is 1. The van der Waals surface area contributed by atoms with Gasteiger partial charge in [0.2, 0.25) is 5.82 Å². The zero-order valence-corrected chi connectivity index (χ0v) is 16.5. The van der Waals surface area contributed by atoms with E-state index < -0.39 is 5.97 Å². The number of ether oxygens (including phenoxy) is 4. The van der Waals surface area contributed by atoms with Gasteiger partial charge in [0.1, 0.15) is 5.75 Å². The predicted octanol–water partition coefficient (Wildman–Crippen LogP) is 3.44. The van der Waals surface area contributed by atoms with Gasteiger partial charge in [-0.25, -0.2) is 0 Å². The number of rotatable bonds is 9. The molecule has 3 rings (SSSR count). The highest BCUT2D eigenvalue weighted by Crippen LogP contribution is 2.28. The lowest BCUT2D eigenvalue weighted by Gasteiger charge is -2.09. The highest BCUT2D eigenvalue weighted by molar-refractivity contribution is 5.73. The number of carbonyl (C=O) groups is 1. The smallest absolute Gasteiger partial charge is 0.310 e. The van der Waals surface area contributed by atoms with Gasteiger partial charge >= 0.3 is 5.97 Å². The van der Waals surface area contributed by atoms with Crippen LogP contribution in [0.15, 0.2) is 47.0 Å². The van der Waals surface area contributed by atoms with E-state index in [9.17, 15) is 4.79 Å². The fourth-order valence-corrected chi connectivity index (χ4v) is 2.71. The van der Waals surface area contributed by atoms with Crippen molar-refractivity contribution < 1.29 is 28.3 Å². The Bertz CT molecular complexity index is 969. The highest BCUT2D eigenvalue weighted by Gasteiger charge is 2.15. The minimum absolute atomic E-state index is 0.0779. The van der Waals surface area contributed by atoms with Gasteiger partial charge in [0.05, 0.1) is 32.8 Å². The molecule has 0 N–H and O–H groups in total. The molecule has 0 fully saturated rings. The van der Waals surface area contributed by atoms with Crippen LogP contribution in [0.3, 0.4) is 0 Å². The van der Waals surface area contributed by atoms with Crippen LogP contribution in [0, 0.1) is 0 Å². The summed E-state index contributed by atoms with van der Waals surface area (Å²) in [6.45, 7) is 2.31. The molecule has 0 bridgehead atoms. The van der Waals surface area contributed by atoms with Crippen molar-refractivity contribution in [3.63, 3.8) is 0 Å². The molecule has 152 valence electrons. The molecule has 8 nitrogen and oxygen atoms in total. The lowest BCUT2D eigenvalue weighted by Crippen LogP contribution is -2.08. The average molecular weight is 398 g/mol. The van der Waals surface area contributed by atoms with Crippen LogP contribution in [0.25, 0.3) is 11.4 Å². The lowest BCUT2D eigenvalue weighted by molar-refractivity contribution is -0.144. The summed E-state index contributed by atoms with van der Waals surface area (Å²) in [4.78, 5) is 16.4. The highest BCUT2D eigenvalue weighted by atomic mass is 16.6. The van der Waals surface area contributed by atoms with Crippen LogP contribution in [0.5, 0.6) is 17.2 Å². The van der Waals surface area contributed by atoms with E-state index in [1.165, 1.54) is 7.11 Å². The van der Waals surface area contributed by atoms with Gasteiger partial charge < -0.3 is 23.5 Å². The summed E-state index contributed by atoms with van der Waals surface area (Å²) in [7, 11) is 3.09.